The third kappa shape index (κ3) is 12.8. The summed E-state index contributed by atoms with van der Waals surface area (Å²) in [5, 5.41) is 2.86. The molecule has 18 heteroatoms. The Bertz CT molecular complexity index is 2570. The van der Waals surface area contributed by atoms with Gasteiger partial charge in [-0.25, -0.2) is 24.7 Å². The zero-order valence-electron chi connectivity index (χ0n) is 38.8. The van der Waals surface area contributed by atoms with Crippen molar-refractivity contribution in [1.82, 2.24) is 44.9 Å². The summed E-state index contributed by atoms with van der Waals surface area (Å²) in [7, 11) is -2.61. The van der Waals surface area contributed by atoms with Gasteiger partial charge >= 0.3 is 6.03 Å². The van der Waals surface area contributed by atoms with Gasteiger partial charge in [-0.05, 0) is 52.7 Å². The van der Waals surface area contributed by atoms with Gasteiger partial charge in [-0.1, -0.05) is 106 Å². The maximum atomic E-state index is 13.2. The fourth-order valence-electron chi connectivity index (χ4n) is 7.80. The second-order valence-corrected chi connectivity index (χ2v) is 29.6. The summed E-state index contributed by atoms with van der Waals surface area (Å²) in [6.07, 6.45) is 13.2. The average molecular weight is 1000 g/mol. The lowest BCUT2D eigenvalue weighted by atomic mass is 9.77. The predicted octanol–water partition coefficient (Wildman–Crippen LogP) is 6.35. The van der Waals surface area contributed by atoms with E-state index in [-0.39, 0.29) is 60.2 Å². The Balaban J connectivity index is 0.000000199. The van der Waals surface area contributed by atoms with Gasteiger partial charge in [0.1, 0.15) is 21.7 Å². The lowest BCUT2D eigenvalue weighted by Gasteiger charge is -2.37. The van der Waals surface area contributed by atoms with Crippen LogP contribution in [0.4, 0.5) is 4.79 Å². The van der Waals surface area contributed by atoms with Crippen LogP contribution in [0.1, 0.15) is 70.0 Å². The van der Waals surface area contributed by atoms with Gasteiger partial charge < -0.3 is 15.1 Å². The van der Waals surface area contributed by atoms with Crippen LogP contribution in [0.25, 0.3) is 0 Å². The van der Waals surface area contributed by atoms with Gasteiger partial charge in [0.15, 0.2) is 0 Å². The number of halogens is 1. The minimum Gasteiger partial charge on any atom is -0.336 e. The minimum absolute atomic E-state index is 0.117. The topological polar surface area (TPSA) is 179 Å². The second-order valence-electron chi connectivity index (χ2n) is 19.1. The number of urea groups is 1. The molecule has 348 valence electrons. The molecule has 67 heavy (non-hydrogen) atoms. The number of likely N-dealkylation sites (tertiary alicyclic amines) is 3. The smallest absolute Gasteiger partial charge is 0.325 e. The summed E-state index contributed by atoms with van der Waals surface area (Å²) in [6.45, 7) is 14.9. The molecule has 4 aliphatic heterocycles. The highest BCUT2D eigenvalue weighted by atomic mass is 79.9. The highest BCUT2D eigenvalue weighted by molar-refractivity contribution is 9.10. The molecule has 2 aromatic heterocycles. The van der Waals surface area contributed by atoms with Gasteiger partial charge in [0.05, 0.1) is 28.5 Å². The molecule has 4 fully saturated rings. The molecular formula is C49H56BrN9O6Si2. The first-order valence-electron chi connectivity index (χ1n) is 22.2. The standard InChI is InChI=1S/C25H28N4O3Si.C19H18BrN5O3.C5H10Si/c1-33(2,3)14-9-20-16-26-22(27-17-20)23(31)28-12-10-25(11-13-28)15-21(30)29(24(25)32)18-19-7-5-4-6-8-19;20-14-10-21-15(22-11-14)16(26)24-8-6-19(7-9-24)17(27)25(18(28)23-19)12-13-4-2-1-3-5-13;1-5-6(2,3)4/h4-8,16-17H,10-13,15,18H2,1-3H3;1-5,10-11H,6-9,12H2,(H,23,28);1H,2-4H3. The van der Waals surface area contributed by atoms with Gasteiger partial charge in [-0.3, -0.25) is 33.8 Å². The van der Waals surface area contributed by atoms with Gasteiger partial charge in [0, 0.05) is 57.4 Å². The first-order valence-corrected chi connectivity index (χ1v) is 30.0. The number of nitrogens with zero attached hydrogens (tertiary/aromatic N) is 8. The van der Waals surface area contributed by atoms with Gasteiger partial charge in [0.2, 0.25) is 23.5 Å². The summed E-state index contributed by atoms with van der Waals surface area (Å²) in [5.41, 5.74) is 6.86. The monoisotopic (exact) mass is 1000 g/mol. The third-order valence-corrected chi connectivity index (χ3v) is 13.8. The van der Waals surface area contributed by atoms with Crippen LogP contribution in [-0.4, -0.2) is 123 Å². The number of carbonyl (C=O) groups excluding carboxylic acids is 6. The molecule has 0 atom stereocenters. The van der Waals surface area contributed by atoms with Crippen molar-refractivity contribution in [3.63, 3.8) is 0 Å². The van der Waals surface area contributed by atoms with Crippen molar-refractivity contribution in [2.24, 2.45) is 5.41 Å². The first kappa shape index (κ1) is 50.1. The van der Waals surface area contributed by atoms with Crippen molar-refractivity contribution in [2.75, 3.05) is 26.2 Å². The molecule has 15 nitrogen and oxygen atoms in total. The van der Waals surface area contributed by atoms with Crippen molar-refractivity contribution in [1.29, 1.82) is 0 Å². The van der Waals surface area contributed by atoms with Crippen molar-refractivity contribution in [2.45, 2.75) is 90.0 Å². The van der Waals surface area contributed by atoms with Crippen LogP contribution in [0.3, 0.4) is 0 Å². The minimum atomic E-state index is -1.50. The number of hydrogen-bond donors (Lipinski definition) is 1. The van der Waals surface area contributed by atoms with Crippen LogP contribution in [-0.2, 0) is 27.5 Å². The molecule has 0 saturated carbocycles. The first-order chi connectivity index (χ1) is 31.7. The molecule has 0 bridgehead atoms. The van der Waals surface area contributed by atoms with E-state index in [1.165, 1.54) is 22.2 Å². The number of imide groups is 2. The number of hydrogen-bond acceptors (Lipinski definition) is 10. The second kappa shape index (κ2) is 21.1. The summed E-state index contributed by atoms with van der Waals surface area (Å²) in [6, 6.07) is 18.5. The molecule has 7 amide bonds. The summed E-state index contributed by atoms with van der Waals surface area (Å²) >= 11 is 3.24. The van der Waals surface area contributed by atoms with Crippen LogP contribution in [0.5, 0.6) is 0 Å². The van der Waals surface area contributed by atoms with Crippen LogP contribution >= 0.6 is 15.9 Å². The molecule has 2 aromatic carbocycles. The molecule has 2 spiro atoms. The Hall–Kier alpha value is -6.35. The Kier molecular flexibility index (Phi) is 15.8. The number of rotatable bonds is 6. The third-order valence-electron chi connectivity index (χ3n) is 11.7. The van der Waals surface area contributed by atoms with Gasteiger partial charge in [-0.2, -0.15) is 0 Å². The van der Waals surface area contributed by atoms with Crippen molar-refractivity contribution in [3.05, 3.63) is 118 Å². The number of aromatic nitrogens is 4. The van der Waals surface area contributed by atoms with Crippen molar-refractivity contribution < 1.29 is 28.8 Å². The summed E-state index contributed by atoms with van der Waals surface area (Å²) in [4.78, 5) is 99.1. The highest BCUT2D eigenvalue weighted by Crippen LogP contribution is 2.43. The van der Waals surface area contributed by atoms with E-state index in [1.54, 1.807) is 22.2 Å². The van der Waals surface area contributed by atoms with Gasteiger partial charge in [0.25, 0.3) is 17.7 Å². The summed E-state index contributed by atoms with van der Waals surface area (Å²) in [5.74, 6) is 2.31. The van der Waals surface area contributed by atoms with E-state index in [0.29, 0.717) is 68.4 Å². The van der Waals surface area contributed by atoms with Crippen LogP contribution in [0.15, 0.2) is 89.9 Å². The lowest BCUT2D eigenvalue weighted by molar-refractivity contribution is -0.143. The van der Waals surface area contributed by atoms with Crippen molar-refractivity contribution >= 4 is 67.6 Å². The molecule has 0 aliphatic carbocycles. The van der Waals surface area contributed by atoms with Crippen LogP contribution in [0, 0.1) is 28.8 Å². The van der Waals surface area contributed by atoms with E-state index in [1.807, 2.05) is 60.7 Å². The van der Waals surface area contributed by atoms with E-state index in [0.717, 1.165) is 11.1 Å². The largest absolute Gasteiger partial charge is 0.336 e. The molecule has 6 heterocycles. The zero-order chi connectivity index (χ0) is 48.6. The predicted molar refractivity (Wildman–Crippen MR) is 262 cm³/mol. The van der Waals surface area contributed by atoms with Crippen molar-refractivity contribution in [3.8, 4) is 23.4 Å². The number of amides is 7. The fraction of sp³-hybridized carbons (Fsp3) is 0.388. The molecule has 4 saturated heterocycles. The molecular weight excluding hydrogens is 947 g/mol. The number of terminal acetylenes is 1. The van der Waals surface area contributed by atoms with E-state index >= 15 is 0 Å². The number of benzene rings is 2. The zero-order valence-corrected chi connectivity index (χ0v) is 42.4. The molecule has 0 unspecified atom stereocenters. The lowest BCUT2D eigenvalue weighted by Crippen LogP contribution is -2.56. The Morgan fingerprint density at radius 1 is 0.672 bits per heavy atom. The molecule has 1 N–H and O–H groups in total. The normalized spacial score (nSPS) is 17.4. The summed E-state index contributed by atoms with van der Waals surface area (Å²) < 4.78 is 0.694. The fourth-order valence-corrected chi connectivity index (χ4v) is 8.52. The molecule has 4 aromatic rings. The SMILES string of the molecule is C#C[Si](C)(C)C.C[Si](C)(C)C#Cc1cnc(C(=O)N2CCC3(CC2)CC(=O)N(Cc2ccccc2)C3=O)nc1.O=C(c1ncc(Br)cn1)N1CCC2(CC1)NC(=O)N(Cc1ccccc1)C2=O. The Morgan fingerprint density at radius 2 is 1.12 bits per heavy atom. The van der Waals surface area contributed by atoms with E-state index in [9.17, 15) is 28.8 Å². The number of piperidine rings is 2. The van der Waals surface area contributed by atoms with Crippen LogP contribution < -0.4 is 5.32 Å². The maximum Gasteiger partial charge on any atom is 0.325 e. The van der Waals surface area contributed by atoms with E-state index < -0.39 is 27.1 Å². The number of carbonyl (C=O) groups is 6. The molecule has 8 rings (SSSR count). The Labute approximate surface area is 402 Å². The number of nitrogens with one attached hydrogen (secondary N) is 1. The quantitative estimate of drug-likeness (QED) is 0.0991. The average Bonchev–Trinajstić information content (AvgIpc) is 3.67. The highest BCUT2D eigenvalue weighted by Gasteiger charge is 2.54. The van der Waals surface area contributed by atoms with E-state index in [2.05, 4.69) is 97.5 Å². The molecule has 0 radical (unpaired) electrons. The van der Waals surface area contributed by atoms with Gasteiger partial charge in [-0.15, -0.1) is 17.5 Å². The van der Waals surface area contributed by atoms with E-state index in [4.69, 9.17) is 6.42 Å². The maximum absolute atomic E-state index is 13.2. The van der Waals surface area contributed by atoms with Crippen LogP contribution in [0.2, 0.25) is 39.3 Å². The molecule has 4 aliphatic rings. The Morgan fingerprint density at radius 3 is 1.58 bits per heavy atom.